The lowest BCUT2D eigenvalue weighted by atomic mass is 10.2. The van der Waals surface area contributed by atoms with E-state index in [1.165, 1.54) is 12.3 Å². The fourth-order valence-corrected chi connectivity index (χ4v) is 1.46. The third-order valence-electron chi connectivity index (χ3n) is 1.94. The highest BCUT2D eigenvalue weighted by atomic mass is 35.5. The summed E-state index contributed by atoms with van der Waals surface area (Å²) in [6.07, 6.45) is 3.09. The minimum Gasteiger partial charge on any atom is -0.319 e. The number of halogens is 2. The van der Waals surface area contributed by atoms with Crippen molar-refractivity contribution in [2.45, 2.75) is 0 Å². The maximum Gasteiger partial charge on any atom is 0.255 e. The standard InChI is InChI=1S/C10H7Cl2N3O/c11-8-2-1-6(3-9(8)12)10(16)15-7-4-13-14-5-7/h1-5H,(H,13,14)(H,15,16). The molecule has 2 rings (SSSR count). The van der Waals surface area contributed by atoms with Crippen molar-refractivity contribution in [3.05, 3.63) is 46.2 Å². The Kier molecular flexibility index (Phi) is 3.12. The number of nitrogens with zero attached hydrogens (tertiary/aromatic N) is 1. The first-order chi connectivity index (χ1) is 7.66. The molecule has 0 radical (unpaired) electrons. The van der Waals surface area contributed by atoms with Crippen LogP contribution in [-0.2, 0) is 0 Å². The van der Waals surface area contributed by atoms with Crippen LogP contribution in [0.3, 0.4) is 0 Å². The Labute approximate surface area is 102 Å². The molecule has 0 atom stereocenters. The van der Waals surface area contributed by atoms with Gasteiger partial charge in [0.15, 0.2) is 0 Å². The molecule has 6 heteroatoms. The van der Waals surface area contributed by atoms with Crippen molar-refractivity contribution in [1.82, 2.24) is 10.2 Å². The number of hydrogen-bond donors (Lipinski definition) is 2. The Bertz CT molecular complexity index is 511. The first-order valence-electron chi connectivity index (χ1n) is 4.42. The van der Waals surface area contributed by atoms with Gasteiger partial charge in [-0.2, -0.15) is 5.10 Å². The molecular weight excluding hydrogens is 249 g/mol. The summed E-state index contributed by atoms with van der Waals surface area (Å²) in [7, 11) is 0. The van der Waals surface area contributed by atoms with Gasteiger partial charge in [0.25, 0.3) is 5.91 Å². The Morgan fingerprint density at radius 2 is 2.12 bits per heavy atom. The second-order valence-electron chi connectivity index (χ2n) is 3.07. The van der Waals surface area contributed by atoms with E-state index in [2.05, 4.69) is 15.5 Å². The van der Waals surface area contributed by atoms with Crippen LogP contribution in [0.15, 0.2) is 30.6 Å². The Hall–Kier alpha value is -1.52. The molecule has 4 nitrogen and oxygen atoms in total. The van der Waals surface area contributed by atoms with Gasteiger partial charge in [0.2, 0.25) is 0 Å². The van der Waals surface area contributed by atoms with Crippen LogP contribution in [0.25, 0.3) is 0 Å². The molecule has 0 aliphatic heterocycles. The first kappa shape index (κ1) is 11.0. The van der Waals surface area contributed by atoms with E-state index in [0.29, 0.717) is 21.3 Å². The quantitative estimate of drug-likeness (QED) is 0.867. The predicted octanol–water partition coefficient (Wildman–Crippen LogP) is 2.97. The molecule has 1 amide bonds. The molecule has 1 aromatic heterocycles. The van der Waals surface area contributed by atoms with Crippen molar-refractivity contribution >= 4 is 34.8 Å². The van der Waals surface area contributed by atoms with Crippen molar-refractivity contribution in [2.24, 2.45) is 0 Å². The number of carbonyl (C=O) groups is 1. The van der Waals surface area contributed by atoms with E-state index in [1.54, 1.807) is 18.3 Å². The largest absolute Gasteiger partial charge is 0.319 e. The summed E-state index contributed by atoms with van der Waals surface area (Å²) in [5.74, 6) is -0.264. The molecule has 82 valence electrons. The number of nitrogens with one attached hydrogen (secondary N) is 2. The summed E-state index contributed by atoms with van der Waals surface area (Å²) in [5.41, 5.74) is 1.03. The Morgan fingerprint density at radius 1 is 1.31 bits per heavy atom. The fourth-order valence-electron chi connectivity index (χ4n) is 1.16. The van der Waals surface area contributed by atoms with Crippen LogP contribution in [0.2, 0.25) is 10.0 Å². The second kappa shape index (κ2) is 4.55. The van der Waals surface area contributed by atoms with Gasteiger partial charge in [-0.25, -0.2) is 0 Å². The zero-order valence-corrected chi connectivity index (χ0v) is 9.51. The summed E-state index contributed by atoms with van der Waals surface area (Å²) in [4.78, 5) is 11.7. The Balaban J connectivity index is 2.18. The van der Waals surface area contributed by atoms with E-state index in [4.69, 9.17) is 23.2 Å². The van der Waals surface area contributed by atoms with Gasteiger partial charge < -0.3 is 5.32 Å². The van der Waals surface area contributed by atoms with Crippen LogP contribution < -0.4 is 5.32 Å². The van der Waals surface area contributed by atoms with Gasteiger partial charge in [-0.3, -0.25) is 9.89 Å². The number of hydrogen-bond acceptors (Lipinski definition) is 2. The molecule has 0 fully saturated rings. The van der Waals surface area contributed by atoms with Crippen LogP contribution in [0.5, 0.6) is 0 Å². The predicted molar refractivity (Wildman–Crippen MR) is 63.0 cm³/mol. The maximum absolute atomic E-state index is 11.7. The summed E-state index contributed by atoms with van der Waals surface area (Å²) in [6.45, 7) is 0. The van der Waals surface area contributed by atoms with Crippen LogP contribution in [0.1, 0.15) is 10.4 Å². The molecule has 0 spiro atoms. The first-order valence-corrected chi connectivity index (χ1v) is 5.17. The number of anilines is 1. The van der Waals surface area contributed by atoms with Gasteiger partial charge >= 0.3 is 0 Å². The SMILES string of the molecule is O=C(Nc1cn[nH]c1)c1ccc(Cl)c(Cl)c1. The number of carbonyl (C=O) groups excluding carboxylic acids is 1. The van der Waals surface area contributed by atoms with Crippen molar-refractivity contribution in [3.63, 3.8) is 0 Å². The molecule has 2 aromatic rings. The van der Waals surface area contributed by atoms with Crippen LogP contribution >= 0.6 is 23.2 Å². The molecule has 0 aliphatic rings. The van der Waals surface area contributed by atoms with E-state index in [-0.39, 0.29) is 5.91 Å². The van der Waals surface area contributed by atoms with Crippen molar-refractivity contribution in [3.8, 4) is 0 Å². The molecule has 1 aromatic carbocycles. The summed E-state index contributed by atoms with van der Waals surface area (Å²) in [6, 6.07) is 4.69. The van der Waals surface area contributed by atoms with Crippen LogP contribution in [-0.4, -0.2) is 16.1 Å². The normalized spacial score (nSPS) is 10.1. The smallest absolute Gasteiger partial charge is 0.255 e. The number of rotatable bonds is 2. The molecule has 0 saturated carbocycles. The van der Waals surface area contributed by atoms with Crippen molar-refractivity contribution < 1.29 is 4.79 Å². The molecule has 0 aliphatic carbocycles. The average molecular weight is 256 g/mol. The van der Waals surface area contributed by atoms with E-state index < -0.39 is 0 Å². The molecule has 1 heterocycles. The summed E-state index contributed by atoms with van der Waals surface area (Å²) < 4.78 is 0. The molecule has 16 heavy (non-hydrogen) atoms. The highest BCUT2D eigenvalue weighted by Crippen LogP contribution is 2.22. The lowest BCUT2D eigenvalue weighted by Crippen LogP contribution is -2.11. The summed E-state index contributed by atoms with van der Waals surface area (Å²) in [5, 5.41) is 9.73. The number of amides is 1. The third-order valence-corrected chi connectivity index (χ3v) is 2.68. The molecule has 0 unspecified atom stereocenters. The van der Waals surface area contributed by atoms with Gasteiger partial charge in [0.1, 0.15) is 0 Å². The van der Waals surface area contributed by atoms with Gasteiger partial charge in [-0.05, 0) is 18.2 Å². The van der Waals surface area contributed by atoms with Crippen LogP contribution in [0.4, 0.5) is 5.69 Å². The topological polar surface area (TPSA) is 57.8 Å². The summed E-state index contributed by atoms with van der Waals surface area (Å²) >= 11 is 11.6. The zero-order chi connectivity index (χ0) is 11.5. The molecule has 2 N–H and O–H groups in total. The second-order valence-corrected chi connectivity index (χ2v) is 3.88. The van der Waals surface area contributed by atoms with Gasteiger partial charge in [-0.1, -0.05) is 23.2 Å². The number of aromatic amines is 1. The Morgan fingerprint density at radius 3 is 2.75 bits per heavy atom. The van der Waals surface area contributed by atoms with Gasteiger partial charge in [-0.15, -0.1) is 0 Å². The van der Waals surface area contributed by atoms with E-state index in [9.17, 15) is 4.79 Å². The van der Waals surface area contributed by atoms with Crippen LogP contribution in [0, 0.1) is 0 Å². The highest BCUT2D eigenvalue weighted by molar-refractivity contribution is 6.42. The number of aromatic nitrogens is 2. The van der Waals surface area contributed by atoms with Gasteiger partial charge in [0.05, 0.1) is 21.9 Å². The minimum absolute atomic E-state index is 0.264. The van der Waals surface area contributed by atoms with E-state index in [0.717, 1.165) is 0 Å². The monoisotopic (exact) mass is 255 g/mol. The highest BCUT2D eigenvalue weighted by Gasteiger charge is 2.08. The molecule has 0 bridgehead atoms. The lowest BCUT2D eigenvalue weighted by Gasteiger charge is -2.03. The average Bonchev–Trinajstić information content (AvgIpc) is 2.74. The van der Waals surface area contributed by atoms with Gasteiger partial charge in [0, 0.05) is 11.8 Å². The maximum atomic E-state index is 11.7. The number of benzene rings is 1. The fraction of sp³-hybridized carbons (Fsp3) is 0. The number of H-pyrrole nitrogens is 1. The zero-order valence-electron chi connectivity index (χ0n) is 8.00. The molecule has 0 saturated heterocycles. The molecular formula is C10H7Cl2N3O. The van der Waals surface area contributed by atoms with Crippen molar-refractivity contribution in [2.75, 3.05) is 5.32 Å². The lowest BCUT2D eigenvalue weighted by molar-refractivity contribution is 0.102. The van der Waals surface area contributed by atoms with Crippen molar-refractivity contribution in [1.29, 1.82) is 0 Å². The minimum atomic E-state index is -0.264. The van der Waals surface area contributed by atoms with E-state index >= 15 is 0 Å². The third kappa shape index (κ3) is 2.35. The van der Waals surface area contributed by atoms with E-state index in [1.807, 2.05) is 0 Å².